The Morgan fingerprint density at radius 1 is 1.24 bits per heavy atom. The molecule has 3 nitrogen and oxygen atoms in total. The van der Waals surface area contributed by atoms with Crippen molar-refractivity contribution in [3.05, 3.63) is 65.1 Å². The Balaban J connectivity index is 1.85. The second-order valence-corrected chi connectivity index (χ2v) is 6.77. The summed E-state index contributed by atoms with van der Waals surface area (Å²) in [6, 6.07) is 8.42. The smallest absolute Gasteiger partial charge is 0.150 e. The first-order valence-electron chi connectivity index (χ1n) is 8.66. The number of nitrogens with zero attached hydrogens (tertiary/aromatic N) is 3. The summed E-state index contributed by atoms with van der Waals surface area (Å²) < 4.78 is 30.6. The van der Waals surface area contributed by atoms with Crippen LogP contribution in [0.4, 0.5) is 8.78 Å². The molecule has 3 heterocycles. The molecule has 2 aromatic heterocycles. The van der Waals surface area contributed by atoms with Crippen LogP contribution in [0.1, 0.15) is 29.9 Å². The molecular formula is C20H21F2N3. The standard InChI is InChI=1S/C20H21F2N3/c1-13-19-16-11-14(21)12-17(22)20(16)25(18(19)7-9-24(13)2)10-6-15-5-3-4-8-23-15/h3-5,8,11-13H,6-7,9-10H2,1-2H3. The van der Waals surface area contributed by atoms with Gasteiger partial charge in [0.1, 0.15) is 11.6 Å². The molecule has 3 aromatic rings. The lowest BCUT2D eigenvalue weighted by Crippen LogP contribution is -2.31. The van der Waals surface area contributed by atoms with Gasteiger partial charge in [0.15, 0.2) is 0 Å². The van der Waals surface area contributed by atoms with Crippen molar-refractivity contribution < 1.29 is 8.78 Å². The molecule has 130 valence electrons. The summed E-state index contributed by atoms with van der Waals surface area (Å²) in [5.74, 6) is -1.00. The quantitative estimate of drug-likeness (QED) is 0.715. The van der Waals surface area contributed by atoms with Crippen molar-refractivity contribution in [1.29, 1.82) is 0 Å². The number of pyridine rings is 1. The zero-order valence-corrected chi connectivity index (χ0v) is 14.5. The van der Waals surface area contributed by atoms with Crippen LogP contribution in [-0.4, -0.2) is 28.0 Å². The lowest BCUT2D eigenvalue weighted by atomic mass is 9.97. The Hall–Kier alpha value is -2.27. The molecular weight excluding hydrogens is 320 g/mol. The minimum atomic E-state index is -0.518. The van der Waals surface area contributed by atoms with Gasteiger partial charge in [0.25, 0.3) is 0 Å². The van der Waals surface area contributed by atoms with E-state index >= 15 is 0 Å². The molecule has 25 heavy (non-hydrogen) atoms. The molecule has 1 unspecified atom stereocenters. The maximum absolute atomic E-state index is 14.7. The van der Waals surface area contributed by atoms with Crippen LogP contribution in [0.15, 0.2) is 36.5 Å². The molecule has 0 aliphatic carbocycles. The fourth-order valence-corrected chi connectivity index (χ4v) is 3.93. The highest BCUT2D eigenvalue weighted by Crippen LogP contribution is 2.38. The predicted molar refractivity (Wildman–Crippen MR) is 94.5 cm³/mol. The van der Waals surface area contributed by atoms with Crippen LogP contribution in [0.25, 0.3) is 10.9 Å². The SMILES string of the molecule is CC1c2c(n(CCc3ccccn3)c3c(F)cc(F)cc23)CCN1C. The van der Waals surface area contributed by atoms with Gasteiger partial charge in [-0.2, -0.15) is 0 Å². The maximum Gasteiger partial charge on any atom is 0.150 e. The third-order valence-electron chi connectivity index (χ3n) is 5.32. The van der Waals surface area contributed by atoms with E-state index in [1.54, 1.807) is 6.20 Å². The highest BCUT2D eigenvalue weighted by molar-refractivity contribution is 5.87. The molecule has 1 atom stereocenters. The minimum Gasteiger partial charge on any atom is -0.341 e. The van der Waals surface area contributed by atoms with Gasteiger partial charge in [-0.1, -0.05) is 6.07 Å². The molecule has 1 aliphatic rings. The largest absolute Gasteiger partial charge is 0.341 e. The Morgan fingerprint density at radius 2 is 2.08 bits per heavy atom. The van der Waals surface area contributed by atoms with E-state index in [0.29, 0.717) is 17.4 Å². The van der Waals surface area contributed by atoms with Crippen molar-refractivity contribution in [2.24, 2.45) is 0 Å². The summed E-state index contributed by atoms with van der Waals surface area (Å²) in [5, 5.41) is 0.701. The van der Waals surface area contributed by atoms with Gasteiger partial charge in [-0.3, -0.25) is 9.88 Å². The second-order valence-electron chi connectivity index (χ2n) is 6.77. The van der Waals surface area contributed by atoms with Crippen LogP contribution >= 0.6 is 0 Å². The van der Waals surface area contributed by atoms with Gasteiger partial charge < -0.3 is 4.57 Å². The third kappa shape index (κ3) is 2.72. The van der Waals surface area contributed by atoms with Crippen molar-refractivity contribution in [2.75, 3.05) is 13.6 Å². The molecule has 0 spiro atoms. The molecule has 5 heteroatoms. The van der Waals surface area contributed by atoms with Crippen molar-refractivity contribution in [3.63, 3.8) is 0 Å². The summed E-state index contributed by atoms with van der Waals surface area (Å²) in [6.45, 7) is 3.66. The fraction of sp³-hybridized carbons (Fsp3) is 0.350. The number of hydrogen-bond acceptors (Lipinski definition) is 2. The molecule has 0 bridgehead atoms. The van der Waals surface area contributed by atoms with Crippen LogP contribution in [-0.2, 0) is 19.4 Å². The number of halogens is 2. The average Bonchev–Trinajstić information content (AvgIpc) is 2.91. The fourth-order valence-electron chi connectivity index (χ4n) is 3.93. The lowest BCUT2D eigenvalue weighted by Gasteiger charge is -2.31. The average molecular weight is 341 g/mol. The van der Waals surface area contributed by atoms with Gasteiger partial charge in [-0.25, -0.2) is 8.78 Å². The number of likely N-dealkylation sites (N-methyl/N-ethyl adjacent to an activating group) is 1. The van der Waals surface area contributed by atoms with Gasteiger partial charge in [-0.05, 0) is 37.7 Å². The van der Waals surface area contributed by atoms with Crippen molar-refractivity contribution in [3.8, 4) is 0 Å². The normalized spacial score (nSPS) is 17.8. The Kier molecular flexibility index (Phi) is 4.04. The van der Waals surface area contributed by atoms with Gasteiger partial charge in [0.2, 0.25) is 0 Å². The van der Waals surface area contributed by atoms with E-state index in [9.17, 15) is 8.78 Å². The molecule has 0 fully saturated rings. The molecule has 1 aliphatic heterocycles. The highest BCUT2D eigenvalue weighted by Gasteiger charge is 2.29. The molecule has 0 N–H and O–H groups in total. The monoisotopic (exact) mass is 341 g/mol. The number of aryl methyl sites for hydroxylation is 2. The van der Waals surface area contributed by atoms with Gasteiger partial charge >= 0.3 is 0 Å². The zero-order chi connectivity index (χ0) is 17.6. The van der Waals surface area contributed by atoms with Crippen LogP contribution in [0.3, 0.4) is 0 Å². The Bertz CT molecular complexity index is 918. The topological polar surface area (TPSA) is 21.1 Å². The van der Waals surface area contributed by atoms with Crippen LogP contribution in [0.2, 0.25) is 0 Å². The number of fused-ring (bicyclic) bond motifs is 3. The number of hydrogen-bond donors (Lipinski definition) is 0. The predicted octanol–water partition coefficient (Wildman–Crippen LogP) is 4.11. The van der Waals surface area contributed by atoms with Crippen LogP contribution in [0.5, 0.6) is 0 Å². The number of rotatable bonds is 3. The molecule has 0 saturated heterocycles. The van der Waals surface area contributed by atoms with Gasteiger partial charge in [-0.15, -0.1) is 0 Å². The molecule has 0 amide bonds. The lowest BCUT2D eigenvalue weighted by molar-refractivity contribution is 0.245. The van der Waals surface area contributed by atoms with Gasteiger partial charge in [0, 0.05) is 61.0 Å². The number of benzene rings is 1. The number of aromatic nitrogens is 2. The molecule has 0 radical (unpaired) electrons. The molecule has 0 saturated carbocycles. The Morgan fingerprint density at radius 3 is 2.84 bits per heavy atom. The van der Waals surface area contributed by atoms with E-state index in [4.69, 9.17) is 0 Å². The van der Waals surface area contributed by atoms with E-state index in [1.807, 2.05) is 22.8 Å². The van der Waals surface area contributed by atoms with E-state index in [1.165, 1.54) is 6.07 Å². The summed E-state index contributed by atoms with van der Waals surface area (Å²) in [5.41, 5.74) is 3.68. The van der Waals surface area contributed by atoms with Gasteiger partial charge in [0.05, 0.1) is 5.52 Å². The van der Waals surface area contributed by atoms with Crippen molar-refractivity contribution in [1.82, 2.24) is 14.5 Å². The summed E-state index contributed by atoms with van der Waals surface area (Å²) in [6.07, 6.45) is 3.33. The summed E-state index contributed by atoms with van der Waals surface area (Å²) >= 11 is 0. The molecule has 4 rings (SSSR count). The first-order chi connectivity index (χ1) is 12.1. The highest BCUT2D eigenvalue weighted by atomic mass is 19.1. The maximum atomic E-state index is 14.7. The summed E-state index contributed by atoms with van der Waals surface area (Å²) in [7, 11) is 2.06. The molecule has 1 aromatic carbocycles. The van der Waals surface area contributed by atoms with Crippen LogP contribution in [0, 0.1) is 11.6 Å². The summed E-state index contributed by atoms with van der Waals surface area (Å²) in [4.78, 5) is 6.59. The first kappa shape index (κ1) is 16.2. The third-order valence-corrected chi connectivity index (χ3v) is 5.32. The van der Waals surface area contributed by atoms with Crippen molar-refractivity contribution >= 4 is 10.9 Å². The minimum absolute atomic E-state index is 0.142. The second kappa shape index (κ2) is 6.23. The van der Waals surface area contributed by atoms with E-state index in [2.05, 4.69) is 23.9 Å². The van der Waals surface area contributed by atoms with Crippen molar-refractivity contribution in [2.45, 2.75) is 32.4 Å². The van der Waals surface area contributed by atoms with E-state index in [-0.39, 0.29) is 6.04 Å². The van der Waals surface area contributed by atoms with Crippen LogP contribution < -0.4 is 0 Å². The zero-order valence-electron chi connectivity index (χ0n) is 14.5. The first-order valence-corrected chi connectivity index (χ1v) is 8.66. The van der Waals surface area contributed by atoms with E-state index < -0.39 is 11.6 Å². The van der Waals surface area contributed by atoms with E-state index in [0.717, 1.165) is 42.4 Å². The Labute approximate surface area is 145 Å².